The van der Waals surface area contributed by atoms with E-state index in [0.29, 0.717) is 6.04 Å². The van der Waals surface area contributed by atoms with E-state index >= 15 is 0 Å². The Morgan fingerprint density at radius 2 is 1.64 bits per heavy atom. The molecule has 2 saturated carbocycles. The van der Waals surface area contributed by atoms with Gasteiger partial charge in [0.2, 0.25) is 0 Å². The highest BCUT2D eigenvalue weighted by atomic mass is 14.7. The average molecular weight is 153 g/mol. The smallest absolute Gasteiger partial charge is 0.00958 e. The molecule has 2 bridgehead atoms. The van der Waals surface area contributed by atoms with Crippen LogP contribution in [-0.4, -0.2) is 6.04 Å². The molecule has 0 radical (unpaired) electrons. The fourth-order valence-electron chi connectivity index (χ4n) is 3.09. The third-order valence-electron chi connectivity index (χ3n) is 3.65. The fraction of sp³-hybridized carbons (Fsp3) is 1.00. The molecule has 1 heteroatoms. The number of nitrogens with two attached hydrogens (primary N) is 1. The maximum absolute atomic E-state index is 6.15. The zero-order valence-electron chi connectivity index (χ0n) is 7.42. The van der Waals surface area contributed by atoms with Crippen LogP contribution in [0.25, 0.3) is 0 Å². The quantitative estimate of drug-likeness (QED) is 0.567. The van der Waals surface area contributed by atoms with Gasteiger partial charge in [0.15, 0.2) is 0 Å². The van der Waals surface area contributed by atoms with Gasteiger partial charge in [0.1, 0.15) is 0 Å². The van der Waals surface area contributed by atoms with E-state index in [-0.39, 0.29) is 0 Å². The Labute approximate surface area is 69.4 Å². The third kappa shape index (κ3) is 1.31. The number of fused-ring (bicyclic) bond motifs is 2. The van der Waals surface area contributed by atoms with Gasteiger partial charge >= 0.3 is 0 Å². The molecule has 2 aliphatic carbocycles. The Kier molecular flexibility index (Phi) is 1.92. The van der Waals surface area contributed by atoms with E-state index in [1.165, 1.54) is 32.1 Å². The van der Waals surface area contributed by atoms with Crippen LogP contribution < -0.4 is 5.73 Å². The molecule has 0 aromatic carbocycles. The summed E-state index contributed by atoms with van der Waals surface area (Å²) in [5, 5.41) is 0. The van der Waals surface area contributed by atoms with E-state index in [4.69, 9.17) is 5.73 Å². The van der Waals surface area contributed by atoms with Crippen molar-refractivity contribution in [1.29, 1.82) is 0 Å². The summed E-state index contributed by atoms with van der Waals surface area (Å²) in [7, 11) is 0. The molecule has 2 atom stereocenters. The van der Waals surface area contributed by atoms with E-state index in [1.807, 2.05) is 0 Å². The van der Waals surface area contributed by atoms with Crippen molar-refractivity contribution >= 4 is 0 Å². The van der Waals surface area contributed by atoms with Gasteiger partial charge < -0.3 is 5.73 Å². The summed E-state index contributed by atoms with van der Waals surface area (Å²) < 4.78 is 0. The molecule has 0 saturated heterocycles. The molecular formula is C10H19N. The first-order valence-electron chi connectivity index (χ1n) is 5.03. The van der Waals surface area contributed by atoms with E-state index in [2.05, 4.69) is 6.92 Å². The molecule has 0 amide bonds. The van der Waals surface area contributed by atoms with E-state index in [9.17, 15) is 0 Å². The van der Waals surface area contributed by atoms with Crippen LogP contribution in [0.1, 0.15) is 39.0 Å². The van der Waals surface area contributed by atoms with Crippen LogP contribution in [0.2, 0.25) is 0 Å². The summed E-state index contributed by atoms with van der Waals surface area (Å²) in [6.07, 6.45) is 7.05. The van der Waals surface area contributed by atoms with Crippen molar-refractivity contribution < 1.29 is 0 Å². The zero-order chi connectivity index (χ0) is 7.84. The Morgan fingerprint density at radius 3 is 2.18 bits per heavy atom. The van der Waals surface area contributed by atoms with Gasteiger partial charge in [-0.1, -0.05) is 13.3 Å². The van der Waals surface area contributed by atoms with Gasteiger partial charge in [-0.25, -0.2) is 0 Å². The minimum atomic E-state index is 0.556. The van der Waals surface area contributed by atoms with Crippen molar-refractivity contribution in [3.63, 3.8) is 0 Å². The monoisotopic (exact) mass is 153 g/mol. The summed E-state index contributed by atoms with van der Waals surface area (Å²) >= 11 is 0. The van der Waals surface area contributed by atoms with Crippen LogP contribution in [0.5, 0.6) is 0 Å². The van der Waals surface area contributed by atoms with Crippen LogP contribution in [0, 0.1) is 17.8 Å². The SMILES string of the molecule is CC1CC2CCCC(C1)C2N. The lowest BCUT2D eigenvalue weighted by Gasteiger charge is -2.43. The van der Waals surface area contributed by atoms with Gasteiger partial charge in [-0.15, -0.1) is 0 Å². The predicted octanol–water partition coefficient (Wildman–Crippen LogP) is 2.16. The minimum absolute atomic E-state index is 0.556. The molecule has 1 nitrogen and oxygen atoms in total. The maximum Gasteiger partial charge on any atom is 0.00958 e. The van der Waals surface area contributed by atoms with Gasteiger partial charge in [0.05, 0.1) is 0 Å². The molecule has 0 aliphatic heterocycles. The van der Waals surface area contributed by atoms with Crippen LogP contribution in [0.4, 0.5) is 0 Å². The lowest BCUT2D eigenvalue weighted by atomic mass is 9.65. The number of rotatable bonds is 0. The topological polar surface area (TPSA) is 26.0 Å². The highest BCUT2D eigenvalue weighted by molar-refractivity contribution is 4.90. The second-order valence-corrected chi connectivity index (χ2v) is 4.60. The molecule has 2 fully saturated rings. The molecule has 2 unspecified atom stereocenters. The molecule has 2 aliphatic rings. The van der Waals surface area contributed by atoms with E-state index < -0.39 is 0 Å². The summed E-state index contributed by atoms with van der Waals surface area (Å²) in [5.74, 6) is 2.69. The van der Waals surface area contributed by atoms with Crippen molar-refractivity contribution in [2.24, 2.45) is 23.5 Å². The van der Waals surface area contributed by atoms with Gasteiger partial charge in [-0.2, -0.15) is 0 Å². The summed E-state index contributed by atoms with van der Waals surface area (Å²) in [6.45, 7) is 2.39. The first-order valence-corrected chi connectivity index (χ1v) is 5.03. The molecule has 0 aromatic rings. The average Bonchev–Trinajstić information content (AvgIpc) is 1.92. The van der Waals surface area contributed by atoms with Crippen molar-refractivity contribution in [2.75, 3.05) is 0 Å². The van der Waals surface area contributed by atoms with Gasteiger partial charge in [0, 0.05) is 6.04 Å². The maximum atomic E-state index is 6.15. The molecule has 2 rings (SSSR count). The van der Waals surface area contributed by atoms with Crippen molar-refractivity contribution in [3.05, 3.63) is 0 Å². The van der Waals surface area contributed by atoms with Crippen molar-refractivity contribution in [3.8, 4) is 0 Å². The molecule has 0 heterocycles. The standard InChI is InChI=1S/C10H19N/c1-7-5-8-3-2-4-9(6-7)10(8)11/h7-10H,2-6,11H2,1H3. The molecule has 64 valence electrons. The van der Waals surface area contributed by atoms with Crippen LogP contribution in [-0.2, 0) is 0 Å². The largest absolute Gasteiger partial charge is 0.327 e. The van der Waals surface area contributed by atoms with E-state index in [0.717, 1.165) is 17.8 Å². The van der Waals surface area contributed by atoms with Gasteiger partial charge in [-0.05, 0) is 43.4 Å². The minimum Gasteiger partial charge on any atom is -0.327 e. The first kappa shape index (κ1) is 7.60. The predicted molar refractivity (Wildman–Crippen MR) is 47.2 cm³/mol. The summed E-state index contributed by atoms with van der Waals surface area (Å²) in [5.41, 5.74) is 6.15. The molecule has 2 N–H and O–H groups in total. The molecule has 0 aromatic heterocycles. The highest BCUT2D eigenvalue weighted by Gasteiger charge is 2.36. The second kappa shape index (κ2) is 2.78. The van der Waals surface area contributed by atoms with E-state index in [1.54, 1.807) is 0 Å². The molecular weight excluding hydrogens is 134 g/mol. The van der Waals surface area contributed by atoms with Crippen molar-refractivity contribution in [2.45, 2.75) is 45.1 Å². The van der Waals surface area contributed by atoms with Gasteiger partial charge in [-0.3, -0.25) is 0 Å². The Morgan fingerprint density at radius 1 is 1.09 bits per heavy atom. The zero-order valence-corrected chi connectivity index (χ0v) is 7.42. The molecule has 0 spiro atoms. The Hall–Kier alpha value is -0.0400. The van der Waals surface area contributed by atoms with Crippen LogP contribution >= 0.6 is 0 Å². The number of hydrogen-bond donors (Lipinski definition) is 1. The van der Waals surface area contributed by atoms with Crippen LogP contribution in [0.15, 0.2) is 0 Å². The lowest BCUT2D eigenvalue weighted by Crippen LogP contribution is -2.45. The second-order valence-electron chi connectivity index (χ2n) is 4.60. The lowest BCUT2D eigenvalue weighted by molar-refractivity contribution is 0.114. The van der Waals surface area contributed by atoms with Crippen LogP contribution in [0.3, 0.4) is 0 Å². The first-order chi connectivity index (χ1) is 5.27. The Bertz CT molecular complexity index is 130. The summed E-state index contributed by atoms with van der Waals surface area (Å²) in [6, 6.07) is 0.556. The van der Waals surface area contributed by atoms with Gasteiger partial charge in [0.25, 0.3) is 0 Å². The fourth-order valence-corrected chi connectivity index (χ4v) is 3.09. The Balaban J connectivity index is 2.07. The normalized spacial score (nSPS) is 50.7. The van der Waals surface area contributed by atoms with Crippen molar-refractivity contribution in [1.82, 2.24) is 0 Å². The molecule has 11 heavy (non-hydrogen) atoms. The highest BCUT2D eigenvalue weighted by Crippen LogP contribution is 2.41. The number of hydrogen-bond acceptors (Lipinski definition) is 1. The summed E-state index contributed by atoms with van der Waals surface area (Å²) in [4.78, 5) is 0. The third-order valence-corrected chi connectivity index (χ3v) is 3.65.